The summed E-state index contributed by atoms with van der Waals surface area (Å²) in [6.45, 7) is 2.35. The number of sulfonamides is 1. The van der Waals surface area contributed by atoms with E-state index in [2.05, 4.69) is 4.72 Å². The number of hydrogen-bond donors (Lipinski definition) is 1. The minimum absolute atomic E-state index is 0.0617. The summed E-state index contributed by atoms with van der Waals surface area (Å²) in [6.07, 6.45) is 0.704. The Morgan fingerprint density at radius 1 is 0.969 bits per heavy atom. The van der Waals surface area contributed by atoms with E-state index in [9.17, 15) is 13.2 Å². The molecule has 7 nitrogen and oxygen atoms in total. The lowest BCUT2D eigenvalue weighted by Gasteiger charge is -2.19. The van der Waals surface area contributed by atoms with Crippen molar-refractivity contribution >= 4 is 27.3 Å². The first-order chi connectivity index (χ1) is 15.3. The highest BCUT2D eigenvalue weighted by Gasteiger charge is 2.27. The van der Waals surface area contributed by atoms with E-state index in [1.54, 1.807) is 66.6 Å². The first-order valence-electron chi connectivity index (χ1n) is 10.1. The number of rotatable bonds is 6. The van der Waals surface area contributed by atoms with Crippen LogP contribution >= 0.6 is 0 Å². The van der Waals surface area contributed by atoms with Crippen LogP contribution in [-0.4, -0.2) is 35.1 Å². The number of nitrogens with one attached hydrogen (secondary N) is 1. The summed E-state index contributed by atoms with van der Waals surface area (Å²) in [7, 11) is -0.882. The molecule has 3 aromatic carbocycles. The van der Waals surface area contributed by atoms with Gasteiger partial charge >= 0.3 is 0 Å². The van der Waals surface area contributed by atoms with Crippen molar-refractivity contribution in [2.45, 2.75) is 18.2 Å². The van der Waals surface area contributed by atoms with Crippen LogP contribution in [0.3, 0.4) is 0 Å². The van der Waals surface area contributed by atoms with Crippen molar-refractivity contribution in [2.24, 2.45) is 0 Å². The zero-order valence-corrected chi connectivity index (χ0v) is 18.9. The summed E-state index contributed by atoms with van der Waals surface area (Å²) in [5, 5.41) is 0. The van der Waals surface area contributed by atoms with Gasteiger partial charge in [0.15, 0.2) is 0 Å². The minimum Gasteiger partial charge on any atom is -0.497 e. The van der Waals surface area contributed by atoms with E-state index in [1.807, 2.05) is 13.0 Å². The lowest BCUT2D eigenvalue weighted by molar-refractivity contribution is 0.0989. The van der Waals surface area contributed by atoms with Crippen molar-refractivity contribution in [3.8, 4) is 11.5 Å². The fraction of sp³-hybridized carbons (Fsp3) is 0.208. The Bertz CT molecular complexity index is 1270. The highest BCUT2D eigenvalue weighted by atomic mass is 32.2. The number of fused-ring (bicyclic) bond motifs is 1. The SMILES string of the molecule is COc1ccc(C(=O)N2CCc3ccc(NS(=O)(=O)c4cc(C)ccc4OC)cc32)cc1. The fourth-order valence-corrected chi connectivity index (χ4v) is 5.05. The van der Waals surface area contributed by atoms with Crippen LogP contribution in [-0.2, 0) is 16.4 Å². The van der Waals surface area contributed by atoms with Crippen molar-refractivity contribution in [1.29, 1.82) is 0 Å². The van der Waals surface area contributed by atoms with Gasteiger partial charge in [-0.25, -0.2) is 8.42 Å². The Kier molecular flexibility index (Phi) is 5.80. The van der Waals surface area contributed by atoms with E-state index < -0.39 is 10.0 Å². The molecular weight excluding hydrogens is 428 g/mol. The second-order valence-corrected chi connectivity index (χ2v) is 9.19. The normalized spacial score (nSPS) is 12.9. The number of amides is 1. The van der Waals surface area contributed by atoms with Gasteiger partial charge in [-0.05, 0) is 73.0 Å². The van der Waals surface area contributed by atoms with Gasteiger partial charge < -0.3 is 14.4 Å². The van der Waals surface area contributed by atoms with Gasteiger partial charge in [0.05, 0.1) is 19.9 Å². The molecule has 0 saturated heterocycles. The lowest BCUT2D eigenvalue weighted by Crippen LogP contribution is -2.28. The van der Waals surface area contributed by atoms with Crippen LogP contribution in [0.5, 0.6) is 11.5 Å². The van der Waals surface area contributed by atoms with E-state index >= 15 is 0 Å². The summed E-state index contributed by atoms with van der Waals surface area (Å²) in [4.78, 5) is 14.8. The number of hydrogen-bond acceptors (Lipinski definition) is 5. The molecule has 0 radical (unpaired) electrons. The van der Waals surface area contributed by atoms with Crippen LogP contribution in [0.25, 0.3) is 0 Å². The van der Waals surface area contributed by atoms with Gasteiger partial charge in [0.2, 0.25) is 0 Å². The van der Waals surface area contributed by atoms with Crippen LogP contribution in [0, 0.1) is 6.92 Å². The van der Waals surface area contributed by atoms with Crippen LogP contribution < -0.4 is 19.1 Å². The van der Waals surface area contributed by atoms with Gasteiger partial charge in [0.25, 0.3) is 15.9 Å². The molecule has 3 aromatic rings. The number of nitrogens with zero attached hydrogens (tertiary/aromatic N) is 1. The van der Waals surface area contributed by atoms with Gasteiger partial charge in [0.1, 0.15) is 16.4 Å². The fourth-order valence-electron chi connectivity index (χ4n) is 3.75. The molecule has 1 aliphatic heterocycles. The zero-order valence-electron chi connectivity index (χ0n) is 18.1. The van der Waals surface area contributed by atoms with Crippen LogP contribution in [0.4, 0.5) is 11.4 Å². The Balaban J connectivity index is 1.63. The first-order valence-corrected chi connectivity index (χ1v) is 11.6. The van der Waals surface area contributed by atoms with E-state index in [1.165, 1.54) is 7.11 Å². The number of benzene rings is 3. The lowest BCUT2D eigenvalue weighted by atomic mass is 10.1. The molecule has 166 valence electrons. The number of methoxy groups -OCH3 is 2. The Morgan fingerprint density at radius 2 is 1.72 bits per heavy atom. The Morgan fingerprint density at radius 3 is 2.41 bits per heavy atom. The number of aryl methyl sites for hydroxylation is 1. The highest BCUT2D eigenvalue weighted by Crippen LogP contribution is 2.34. The predicted octanol–water partition coefficient (Wildman–Crippen LogP) is 4.02. The average molecular weight is 453 g/mol. The Hall–Kier alpha value is -3.52. The third kappa shape index (κ3) is 4.13. The molecule has 0 unspecified atom stereocenters. The zero-order chi connectivity index (χ0) is 22.9. The van der Waals surface area contributed by atoms with Crippen molar-refractivity contribution in [3.63, 3.8) is 0 Å². The molecule has 32 heavy (non-hydrogen) atoms. The number of carbonyl (C=O) groups excluding carboxylic acids is 1. The monoisotopic (exact) mass is 452 g/mol. The maximum absolute atomic E-state index is 13.1. The van der Waals surface area contributed by atoms with Crippen molar-refractivity contribution in [3.05, 3.63) is 77.4 Å². The minimum atomic E-state index is -3.89. The molecule has 0 atom stereocenters. The van der Waals surface area contributed by atoms with Gasteiger partial charge in [-0.2, -0.15) is 0 Å². The third-order valence-corrected chi connectivity index (χ3v) is 6.83. The standard InChI is InChI=1S/C24H24N2O5S/c1-16-4-11-22(31-3)23(14-16)32(28,29)25-19-8-5-17-12-13-26(21(17)15-19)24(27)18-6-9-20(30-2)10-7-18/h4-11,14-15,25H,12-13H2,1-3H3. The van der Waals surface area contributed by atoms with E-state index in [-0.39, 0.29) is 16.6 Å². The van der Waals surface area contributed by atoms with Gasteiger partial charge in [0, 0.05) is 17.8 Å². The predicted molar refractivity (Wildman–Crippen MR) is 123 cm³/mol. The second kappa shape index (κ2) is 8.55. The molecule has 0 bridgehead atoms. The summed E-state index contributed by atoms with van der Waals surface area (Å²) in [5.41, 5.74) is 3.40. The summed E-state index contributed by atoms with van der Waals surface area (Å²) < 4.78 is 39.1. The molecule has 1 aliphatic rings. The van der Waals surface area contributed by atoms with Gasteiger partial charge in [-0.15, -0.1) is 0 Å². The van der Waals surface area contributed by atoms with Crippen molar-refractivity contribution in [2.75, 3.05) is 30.4 Å². The quantitative estimate of drug-likeness (QED) is 0.611. The first kappa shape index (κ1) is 21.7. The molecule has 1 N–H and O–H groups in total. The smallest absolute Gasteiger partial charge is 0.265 e. The van der Waals surface area contributed by atoms with Gasteiger partial charge in [-0.3, -0.25) is 9.52 Å². The second-order valence-electron chi connectivity index (χ2n) is 7.54. The molecule has 8 heteroatoms. The van der Waals surface area contributed by atoms with E-state index in [0.717, 1.165) is 11.1 Å². The summed E-state index contributed by atoms with van der Waals surface area (Å²) in [6, 6.07) is 17.1. The van der Waals surface area contributed by atoms with Crippen molar-refractivity contribution in [1.82, 2.24) is 0 Å². The van der Waals surface area contributed by atoms with Crippen LogP contribution in [0.15, 0.2) is 65.6 Å². The maximum atomic E-state index is 13.1. The molecule has 0 saturated carbocycles. The molecule has 0 fully saturated rings. The van der Waals surface area contributed by atoms with Crippen molar-refractivity contribution < 1.29 is 22.7 Å². The molecule has 1 heterocycles. The Labute approximate surface area is 187 Å². The average Bonchev–Trinajstić information content (AvgIpc) is 3.21. The highest BCUT2D eigenvalue weighted by molar-refractivity contribution is 7.92. The third-order valence-electron chi connectivity index (χ3n) is 5.42. The van der Waals surface area contributed by atoms with Crippen LogP contribution in [0.1, 0.15) is 21.5 Å². The molecule has 0 aliphatic carbocycles. The summed E-state index contributed by atoms with van der Waals surface area (Å²) >= 11 is 0. The largest absolute Gasteiger partial charge is 0.497 e. The molecule has 0 aromatic heterocycles. The molecule has 0 spiro atoms. The van der Waals surface area contributed by atoms with E-state index in [4.69, 9.17) is 9.47 Å². The number of anilines is 2. The van der Waals surface area contributed by atoms with Gasteiger partial charge in [-0.1, -0.05) is 12.1 Å². The van der Waals surface area contributed by atoms with E-state index in [0.29, 0.717) is 35.7 Å². The number of carbonyl (C=O) groups is 1. The summed E-state index contributed by atoms with van der Waals surface area (Å²) in [5.74, 6) is 0.791. The van der Waals surface area contributed by atoms with Crippen LogP contribution in [0.2, 0.25) is 0 Å². The number of ether oxygens (including phenoxy) is 2. The molecule has 1 amide bonds. The topological polar surface area (TPSA) is 84.9 Å². The maximum Gasteiger partial charge on any atom is 0.265 e. The molecular formula is C24H24N2O5S. The molecule has 4 rings (SSSR count).